The predicted octanol–water partition coefficient (Wildman–Crippen LogP) is 2.26. The van der Waals surface area contributed by atoms with E-state index in [2.05, 4.69) is 13.8 Å². The molecule has 3 fully saturated rings. The van der Waals surface area contributed by atoms with Gasteiger partial charge in [0.05, 0.1) is 12.2 Å². The zero-order valence-corrected chi connectivity index (χ0v) is 14.6. The Bertz CT molecular complexity index is 468. The summed E-state index contributed by atoms with van der Waals surface area (Å²) in [5, 5.41) is 20.6. The van der Waals surface area contributed by atoms with Gasteiger partial charge in [0.25, 0.3) is 0 Å². The van der Waals surface area contributed by atoms with Crippen molar-refractivity contribution in [2.45, 2.75) is 77.4 Å². The second-order valence-corrected chi connectivity index (χ2v) is 8.82. The number of rotatable bonds is 3. The molecule has 2 unspecified atom stereocenters. The van der Waals surface area contributed by atoms with Gasteiger partial charge < -0.3 is 15.9 Å². The Kier molecular flexibility index (Phi) is 4.63. The molecule has 23 heavy (non-hydrogen) atoms. The second kappa shape index (κ2) is 6.12. The Balaban J connectivity index is 1.88. The van der Waals surface area contributed by atoms with Crippen molar-refractivity contribution in [1.29, 1.82) is 0 Å². The lowest BCUT2D eigenvalue weighted by Gasteiger charge is -2.55. The summed E-state index contributed by atoms with van der Waals surface area (Å²) >= 11 is 0. The maximum absolute atomic E-state index is 12.4. The number of Topliss-reactive ketones (excluding diaryl/α,β-unsaturated/α-hetero) is 1. The minimum atomic E-state index is -0.446. The lowest BCUT2D eigenvalue weighted by atomic mass is 9.50. The standard InChI is InChI=1S/C19H33NO3/c1-18-9-6-15(19(2)8-5-12(21)11-17(19)23)13(7-10-20)14(18)3-4-16(18)22/h12-15,17,21,23H,3-11,20H2,1-2H3/t12-,13-,14?,15?,17-,18-,19+/m0/s1. The summed E-state index contributed by atoms with van der Waals surface area (Å²) < 4.78 is 0. The lowest BCUT2D eigenvalue weighted by molar-refractivity contribution is -0.140. The Labute approximate surface area is 139 Å². The van der Waals surface area contributed by atoms with E-state index in [9.17, 15) is 15.0 Å². The highest BCUT2D eigenvalue weighted by Crippen LogP contribution is 2.60. The van der Waals surface area contributed by atoms with Crippen molar-refractivity contribution in [3.8, 4) is 0 Å². The number of aliphatic hydroxyl groups is 2. The average Bonchev–Trinajstić information content (AvgIpc) is 2.80. The van der Waals surface area contributed by atoms with Crippen LogP contribution in [0.15, 0.2) is 0 Å². The number of aliphatic hydroxyl groups excluding tert-OH is 2. The van der Waals surface area contributed by atoms with Crippen LogP contribution >= 0.6 is 0 Å². The molecule has 0 saturated heterocycles. The number of hydrogen-bond donors (Lipinski definition) is 3. The van der Waals surface area contributed by atoms with Crippen LogP contribution in [0.3, 0.4) is 0 Å². The maximum Gasteiger partial charge on any atom is 0.139 e. The number of carbonyl (C=O) groups is 1. The van der Waals surface area contributed by atoms with Crippen molar-refractivity contribution >= 4 is 5.78 Å². The first kappa shape index (κ1) is 17.4. The van der Waals surface area contributed by atoms with E-state index in [1.54, 1.807) is 0 Å². The molecule has 132 valence electrons. The van der Waals surface area contributed by atoms with Crippen molar-refractivity contribution in [3.63, 3.8) is 0 Å². The number of hydrogen-bond acceptors (Lipinski definition) is 4. The molecular weight excluding hydrogens is 290 g/mol. The third-order valence-corrected chi connectivity index (χ3v) is 7.77. The number of nitrogens with two attached hydrogens (primary N) is 1. The summed E-state index contributed by atoms with van der Waals surface area (Å²) in [6.07, 6.45) is 5.94. The minimum Gasteiger partial charge on any atom is -0.393 e. The van der Waals surface area contributed by atoms with Crippen LogP contribution in [-0.2, 0) is 4.79 Å². The van der Waals surface area contributed by atoms with Gasteiger partial charge in [0.2, 0.25) is 0 Å². The molecule has 3 saturated carbocycles. The van der Waals surface area contributed by atoms with E-state index in [0.717, 1.165) is 38.5 Å². The average molecular weight is 323 g/mol. The molecule has 0 amide bonds. The van der Waals surface area contributed by atoms with Gasteiger partial charge in [-0.15, -0.1) is 0 Å². The van der Waals surface area contributed by atoms with Gasteiger partial charge in [0.15, 0.2) is 0 Å². The van der Waals surface area contributed by atoms with Crippen molar-refractivity contribution in [2.24, 2.45) is 34.3 Å². The van der Waals surface area contributed by atoms with E-state index in [-0.39, 0.29) is 16.9 Å². The van der Waals surface area contributed by atoms with E-state index in [0.29, 0.717) is 42.9 Å². The van der Waals surface area contributed by atoms with Crippen molar-refractivity contribution in [3.05, 3.63) is 0 Å². The Morgan fingerprint density at radius 2 is 1.87 bits per heavy atom. The Hall–Kier alpha value is -0.450. The van der Waals surface area contributed by atoms with Crippen LogP contribution in [0.5, 0.6) is 0 Å². The molecule has 0 radical (unpaired) electrons. The molecule has 4 nitrogen and oxygen atoms in total. The molecule has 0 spiro atoms. The van der Waals surface area contributed by atoms with Gasteiger partial charge in [-0.1, -0.05) is 13.8 Å². The highest BCUT2D eigenvalue weighted by molar-refractivity contribution is 5.87. The normalized spacial score (nSPS) is 50.8. The van der Waals surface area contributed by atoms with Crippen molar-refractivity contribution in [1.82, 2.24) is 0 Å². The van der Waals surface area contributed by atoms with Crippen LogP contribution in [0.4, 0.5) is 0 Å². The van der Waals surface area contributed by atoms with Gasteiger partial charge in [0, 0.05) is 11.8 Å². The number of ketones is 1. The Morgan fingerprint density at radius 3 is 2.52 bits per heavy atom. The van der Waals surface area contributed by atoms with E-state index in [1.807, 2.05) is 0 Å². The van der Waals surface area contributed by atoms with E-state index < -0.39 is 6.10 Å². The van der Waals surface area contributed by atoms with E-state index in [4.69, 9.17) is 5.73 Å². The van der Waals surface area contributed by atoms with E-state index in [1.165, 1.54) is 0 Å². The number of carbonyl (C=O) groups excluding carboxylic acids is 1. The summed E-state index contributed by atoms with van der Waals surface area (Å²) in [6.45, 7) is 5.02. The second-order valence-electron chi connectivity index (χ2n) is 8.82. The topological polar surface area (TPSA) is 83.6 Å². The first-order valence-electron chi connectivity index (χ1n) is 9.42. The van der Waals surface area contributed by atoms with Gasteiger partial charge in [-0.25, -0.2) is 0 Å². The van der Waals surface area contributed by atoms with Gasteiger partial charge in [0.1, 0.15) is 5.78 Å². The molecule has 0 aromatic carbocycles. The van der Waals surface area contributed by atoms with Crippen LogP contribution < -0.4 is 5.73 Å². The fourth-order valence-electron chi connectivity index (χ4n) is 6.19. The molecule has 0 aliphatic heterocycles. The smallest absolute Gasteiger partial charge is 0.139 e. The Morgan fingerprint density at radius 1 is 1.13 bits per heavy atom. The summed E-state index contributed by atoms with van der Waals surface area (Å²) in [6, 6.07) is 0. The molecule has 3 aliphatic rings. The van der Waals surface area contributed by atoms with Crippen LogP contribution in [0.25, 0.3) is 0 Å². The molecule has 3 aliphatic carbocycles. The van der Waals surface area contributed by atoms with Gasteiger partial charge in [-0.05, 0) is 74.7 Å². The monoisotopic (exact) mass is 323 g/mol. The van der Waals surface area contributed by atoms with Crippen LogP contribution in [0.2, 0.25) is 0 Å². The third kappa shape index (κ3) is 2.67. The zero-order chi connectivity index (χ0) is 16.8. The molecule has 7 atom stereocenters. The summed E-state index contributed by atoms with van der Waals surface area (Å²) in [5.41, 5.74) is 5.62. The molecule has 4 heteroatoms. The van der Waals surface area contributed by atoms with Crippen molar-refractivity contribution < 1.29 is 15.0 Å². The molecule has 0 aromatic heterocycles. The molecule has 4 N–H and O–H groups in total. The highest BCUT2D eigenvalue weighted by atomic mass is 16.3. The molecule has 0 aromatic rings. The maximum atomic E-state index is 12.4. The van der Waals surface area contributed by atoms with E-state index >= 15 is 0 Å². The first-order valence-corrected chi connectivity index (χ1v) is 9.42. The largest absolute Gasteiger partial charge is 0.393 e. The first-order chi connectivity index (χ1) is 10.8. The summed E-state index contributed by atoms with van der Waals surface area (Å²) in [5.74, 6) is 1.71. The minimum absolute atomic E-state index is 0.147. The van der Waals surface area contributed by atoms with Gasteiger partial charge in [-0.2, -0.15) is 0 Å². The number of fused-ring (bicyclic) bond motifs is 1. The molecule has 0 bridgehead atoms. The SMILES string of the molecule is C[C@]12CCC([C@@]3(C)CC[C@H](O)C[C@@H]3O)[C@@H](CCN)C1CCC2=O. The molecule has 0 heterocycles. The van der Waals surface area contributed by atoms with Crippen molar-refractivity contribution in [2.75, 3.05) is 6.54 Å². The van der Waals surface area contributed by atoms with Gasteiger partial charge >= 0.3 is 0 Å². The molecule has 3 rings (SSSR count). The lowest BCUT2D eigenvalue weighted by Crippen LogP contribution is -2.53. The fraction of sp³-hybridized carbons (Fsp3) is 0.947. The van der Waals surface area contributed by atoms with Crippen LogP contribution in [0.1, 0.15) is 65.2 Å². The predicted molar refractivity (Wildman–Crippen MR) is 89.7 cm³/mol. The molecular formula is C19H33NO3. The van der Waals surface area contributed by atoms with Crippen LogP contribution in [0, 0.1) is 28.6 Å². The third-order valence-electron chi connectivity index (χ3n) is 7.77. The fourth-order valence-corrected chi connectivity index (χ4v) is 6.19. The summed E-state index contributed by atoms with van der Waals surface area (Å²) in [7, 11) is 0. The van der Waals surface area contributed by atoms with Gasteiger partial charge in [-0.3, -0.25) is 4.79 Å². The quantitative estimate of drug-likeness (QED) is 0.744. The van der Waals surface area contributed by atoms with Crippen LogP contribution in [-0.4, -0.2) is 34.7 Å². The summed E-state index contributed by atoms with van der Waals surface area (Å²) in [4.78, 5) is 12.4. The zero-order valence-electron chi connectivity index (χ0n) is 14.6. The highest BCUT2D eigenvalue weighted by Gasteiger charge is 2.58.